The molecular weight excluding hydrogens is 420 g/mol. The average molecular weight is 437 g/mol. The minimum absolute atomic E-state index is 0.178. The van der Waals surface area contributed by atoms with E-state index >= 15 is 0 Å². The average Bonchev–Trinajstić information content (AvgIpc) is 3.48. The van der Waals surface area contributed by atoms with Gasteiger partial charge in [-0.05, 0) is 60.0 Å². The summed E-state index contributed by atoms with van der Waals surface area (Å²) in [7, 11) is 1.61. The first-order valence-corrected chi connectivity index (χ1v) is 10.7. The number of rotatable bonds is 6. The van der Waals surface area contributed by atoms with Crippen LogP contribution in [-0.2, 0) is 0 Å². The van der Waals surface area contributed by atoms with Gasteiger partial charge in [0.2, 0.25) is 0 Å². The number of amides is 1. The molecule has 4 aromatic rings. The summed E-state index contributed by atoms with van der Waals surface area (Å²) in [5.41, 5.74) is 1.75. The fourth-order valence-corrected chi connectivity index (χ4v) is 4.01. The number of esters is 1. The SMILES string of the molecule is COc1ccc(-c2nc(C(=O)Oc3ccc(NC(=O)c4cccs4)cc3)cs2)cc1. The summed E-state index contributed by atoms with van der Waals surface area (Å²) in [6.45, 7) is 0. The van der Waals surface area contributed by atoms with E-state index in [0.29, 0.717) is 16.3 Å². The van der Waals surface area contributed by atoms with Gasteiger partial charge in [-0.25, -0.2) is 9.78 Å². The molecule has 0 aliphatic rings. The minimum Gasteiger partial charge on any atom is -0.497 e. The normalized spacial score (nSPS) is 10.4. The predicted molar refractivity (Wildman–Crippen MR) is 118 cm³/mol. The van der Waals surface area contributed by atoms with Crippen molar-refractivity contribution in [2.24, 2.45) is 0 Å². The van der Waals surface area contributed by atoms with E-state index in [-0.39, 0.29) is 11.6 Å². The summed E-state index contributed by atoms with van der Waals surface area (Å²) in [5.74, 6) is 0.405. The fraction of sp³-hybridized carbons (Fsp3) is 0.0455. The summed E-state index contributed by atoms with van der Waals surface area (Å²) < 4.78 is 10.5. The lowest BCUT2D eigenvalue weighted by Crippen LogP contribution is -2.11. The zero-order valence-corrected chi connectivity index (χ0v) is 17.5. The molecule has 8 heteroatoms. The molecule has 0 radical (unpaired) electrons. The molecule has 2 aromatic carbocycles. The molecule has 1 N–H and O–H groups in total. The predicted octanol–water partition coefficient (Wildman–Crippen LogP) is 5.35. The van der Waals surface area contributed by atoms with Crippen LogP contribution in [0.5, 0.6) is 11.5 Å². The van der Waals surface area contributed by atoms with E-state index in [0.717, 1.165) is 16.3 Å². The van der Waals surface area contributed by atoms with Crippen molar-refractivity contribution in [1.82, 2.24) is 4.98 Å². The Bertz CT molecular complexity index is 1150. The first-order chi connectivity index (χ1) is 14.6. The number of thiazole rings is 1. The second kappa shape index (κ2) is 8.89. The number of aromatic nitrogens is 1. The van der Waals surface area contributed by atoms with Gasteiger partial charge in [0.1, 0.15) is 16.5 Å². The zero-order valence-electron chi connectivity index (χ0n) is 15.8. The number of anilines is 1. The molecule has 150 valence electrons. The smallest absolute Gasteiger partial charge is 0.363 e. The molecule has 0 aliphatic heterocycles. The number of carbonyl (C=O) groups excluding carboxylic acids is 2. The highest BCUT2D eigenvalue weighted by Crippen LogP contribution is 2.26. The van der Waals surface area contributed by atoms with Crippen LogP contribution in [0.25, 0.3) is 10.6 Å². The standard InChI is InChI=1S/C22H16N2O4S2/c1-27-16-8-4-14(5-9-16)21-24-18(13-30-21)22(26)28-17-10-6-15(7-11-17)23-20(25)19-3-2-12-29-19/h2-13H,1H3,(H,23,25). The van der Waals surface area contributed by atoms with Crippen LogP contribution in [0.1, 0.15) is 20.2 Å². The van der Waals surface area contributed by atoms with Gasteiger partial charge in [-0.15, -0.1) is 22.7 Å². The summed E-state index contributed by atoms with van der Waals surface area (Å²) in [5, 5.41) is 7.02. The van der Waals surface area contributed by atoms with Crippen LogP contribution in [0.3, 0.4) is 0 Å². The maximum atomic E-state index is 12.4. The van der Waals surface area contributed by atoms with Crippen LogP contribution >= 0.6 is 22.7 Å². The van der Waals surface area contributed by atoms with Gasteiger partial charge in [-0.2, -0.15) is 0 Å². The van der Waals surface area contributed by atoms with E-state index in [4.69, 9.17) is 9.47 Å². The van der Waals surface area contributed by atoms with Crippen molar-refractivity contribution < 1.29 is 19.1 Å². The highest BCUT2D eigenvalue weighted by atomic mass is 32.1. The maximum absolute atomic E-state index is 12.4. The van der Waals surface area contributed by atoms with Gasteiger partial charge < -0.3 is 14.8 Å². The van der Waals surface area contributed by atoms with Gasteiger partial charge in [0, 0.05) is 16.6 Å². The van der Waals surface area contributed by atoms with Crippen molar-refractivity contribution in [3.8, 4) is 22.1 Å². The number of carbonyl (C=O) groups is 2. The third-order valence-electron chi connectivity index (χ3n) is 4.12. The number of methoxy groups -OCH3 is 1. The molecule has 6 nitrogen and oxygen atoms in total. The molecule has 0 fully saturated rings. The van der Waals surface area contributed by atoms with Crippen molar-refractivity contribution in [2.45, 2.75) is 0 Å². The van der Waals surface area contributed by atoms with E-state index in [2.05, 4.69) is 10.3 Å². The second-order valence-electron chi connectivity index (χ2n) is 6.11. The molecule has 0 saturated heterocycles. The third kappa shape index (κ3) is 4.56. The Morgan fingerprint density at radius 1 is 0.933 bits per heavy atom. The Kier molecular flexibility index (Phi) is 5.87. The summed E-state index contributed by atoms with van der Waals surface area (Å²) >= 11 is 2.73. The molecule has 0 unspecified atom stereocenters. The molecule has 4 rings (SSSR count). The Morgan fingerprint density at radius 3 is 2.33 bits per heavy atom. The molecule has 0 spiro atoms. The van der Waals surface area contributed by atoms with Gasteiger partial charge in [-0.3, -0.25) is 4.79 Å². The molecular formula is C22H16N2O4S2. The lowest BCUT2D eigenvalue weighted by molar-refractivity contribution is 0.0729. The van der Waals surface area contributed by atoms with Crippen LogP contribution in [0.2, 0.25) is 0 Å². The van der Waals surface area contributed by atoms with Gasteiger partial charge in [0.05, 0.1) is 12.0 Å². The number of nitrogens with zero attached hydrogens (tertiary/aromatic N) is 1. The Labute approximate surface area is 180 Å². The van der Waals surface area contributed by atoms with Crippen LogP contribution in [-0.4, -0.2) is 24.0 Å². The molecule has 1 amide bonds. The fourth-order valence-electron chi connectivity index (χ4n) is 2.60. The maximum Gasteiger partial charge on any atom is 0.363 e. The minimum atomic E-state index is -0.540. The molecule has 0 aliphatic carbocycles. The summed E-state index contributed by atoms with van der Waals surface area (Å²) in [6.07, 6.45) is 0. The van der Waals surface area contributed by atoms with Crippen LogP contribution in [0, 0.1) is 0 Å². The molecule has 0 atom stereocenters. The van der Waals surface area contributed by atoms with Crippen molar-refractivity contribution in [2.75, 3.05) is 12.4 Å². The van der Waals surface area contributed by atoms with Crippen molar-refractivity contribution >= 4 is 40.2 Å². The number of hydrogen-bond acceptors (Lipinski definition) is 7. The summed E-state index contributed by atoms with van der Waals surface area (Å²) in [4.78, 5) is 29.5. The van der Waals surface area contributed by atoms with E-state index in [1.165, 1.54) is 22.7 Å². The lowest BCUT2D eigenvalue weighted by atomic mass is 10.2. The molecule has 30 heavy (non-hydrogen) atoms. The van der Waals surface area contributed by atoms with Crippen molar-refractivity contribution in [3.05, 3.63) is 82.0 Å². The molecule has 0 bridgehead atoms. The first kappa shape index (κ1) is 19.8. The quantitative estimate of drug-likeness (QED) is 0.326. The largest absolute Gasteiger partial charge is 0.497 e. The van der Waals surface area contributed by atoms with Crippen molar-refractivity contribution in [3.63, 3.8) is 0 Å². The highest BCUT2D eigenvalue weighted by molar-refractivity contribution is 7.13. The van der Waals surface area contributed by atoms with E-state index in [1.54, 1.807) is 42.8 Å². The third-order valence-corrected chi connectivity index (χ3v) is 5.88. The van der Waals surface area contributed by atoms with Crippen LogP contribution in [0.4, 0.5) is 5.69 Å². The van der Waals surface area contributed by atoms with Gasteiger partial charge in [0.25, 0.3) is 5.91 Å². The topological polar surface area (TPSA) is 77.5 Å². The molecule has 2 aromatic heterocycles. The number of benzene rings is 2. The van der Waals surface area contributed by atoms with Gasteiger partial charge >= 0.3 is 5.97 Å². The second-order valence-corrected chi connectivity index (χ2v) is 7.92. The Morgan fingerprint density at radius 2 is 1.67 bits per heavy atom. The van der Waals surface area contributed by atoms with Crippen LogP contribution < -0.4 is 14.8 Å². The number of ether oxygens (including phenoxy) is 2. The van der Waals surface area contributed by atoms with E-state index in [9.17, 15) is 9.59 Å². The number of hydrogen-bond donors (Lipinski definition) is 1. The Hall–Kier alpha value is -3.49. The van der Waals surface area contributed by atoms with Gasteiger partial charge in [-0.1, -0.05) is 6.07 Å². The summed E-state index contributed by atoms with van der Waals surface area (Å²) in [6, 6.07) is 17.6. The lowest BCUT2D eigenvalue weighted by Gasteiger charge is -2.06. The van der Waals surface area contributed by atoms with Crippen LogP contribution in [0.15, 0.2) is 71.4 Å². The monoisotopic (exact) mass is 436 g/mol. The zero-order chi connectivity index (χ0) is 20.9. The highest BCUT2D eigenvalue weighted by Gasteiger charge is 2.15. The van der Waals surface area contributed by atoms with E-state index in [1.807, 2.05) is 35.7 Å². The van der Waals surface area contributed by atoms with E-state index < -0.39 is 5.97 Å². The Balaban J connectivity index is 1.39. The first-order valence-electron chi connectivity index (χ1n) is 8.89. The number of thiophene rings is 1. The molecule has 0 saturated carbocycles. The van der Waals surface area contributed by atoms with Crippen molar-refractivity contribution in [1.29, 1.82) is 0 Å². The molecule has 2 heterocycles. The number of nitrogens with one attached hydrogen (secondary N) is 1. The van der Waals surface area contributed by atoms with Gasteiger partial charge in [0.15, 0.2) is 5.69 Å².